The minimum atomic E-state index is 0.726. The van der Waals surface area contributed by atoms with Crippen LogP contribution in [0.1, 0.15) is 27.8 Å². The van der Waals surface area contributed by atoms with Gasteiger partial charge < -0.3 is 9.80 Å². The zero-order chi connectivity index (χ0) is 45.0. The van der Waals surface area contributed by atoms with Crippen molar-refractivity contribution in [2.75, 3.05) is 9.80 Å². The average Bonchev–Trinajstić information content (AvgIpc) is 3.30. The van der Waals surface area contributed by atoms with Gasteiger partial charge in [-0.05, 0) is 172 Å². The summed E-state index contributed by atoms with van der Waals surface area (Å²) in [5, 5.41) is 2.26. The second-order valence-electron chi connectivity index (χ2n) is 15.9. The molecule has 9 rings (SSSR count). The number of aryl methyl sites for hydroxylation is 5. The van der Waals surface area contributed by atoms with Gasteiger partial charge in [-0.15, -0.1) is 0 Å². The average molecular weight is 894 g/mol. The predicted octanol–water partition coefficient (Wildman–Crippen LogP) is 18.8. The van der Waals surface area contributed by atoms with Crippen molar-refractivity contribution in [3.05, 3.63) is 261 Å². The Balaban J connectivity index is 0.000000173. The van der Waals surface area contributed by atoms with E-state index in [2.05, 4.69) is 183 Å². The van der Waals surface area contributed by atoms with Crippen LogP contribution in [0.4, 0.5) is 34.1 Å². The zero-order valence-electron chi connectivity index (χ0n) is 36.8. The number of nitrogens with zero attached hydrogens (tertiary/aromatic N) is 2. The number of benzene rings is 9. The fourth-order valence-electron chi connectivity index (χ4n) is 7.32. The van der Waals surface area contributed by atoms with Crippen LogP contribution >= 0.6 is 34.8 Å². The van der Waals surface area contributed by atoms with Gasteiger partial charge in [0.25, 0.3) is 0 Å². The van der Waals surface area contributed by atoms with Gasteiger partial charge in [-0.25, -0.2) is 0 Å². The third-order valence-corrected chi connectivity index (χ3v) is 11.4. The molecule has 2 nitrogen and oxygen atoms in total. The van der Waals surface area contributed by atoms with E-state index >= 15 is 0 Å². The van der Waals surface area contributed by atoms with E-state index in [9.17, 15) is 0 Å². The summed E-state index contributed by atoms with van der Waals surface area (Å²) in [6.45, 7) is 10.5. The van der Waals surface area contributed by atoms with Gasteiger partial charge in [0.1, 0.15) is 0 Å². The second kappa shape index (κ2) is 21.7. The molecule has 0 bridgehead atoms. The summed E-state index contributed by atoms with van der Waals surface area (Å²) in [5.41, 5.74) is 17.8. The van der Waals surface area contributed by atoms with Crippen LogP contribution in [0, 0.1) is 34.6 Å². The highest BCUT2D eigenvalue weighted by Gasteiger charge is 2.14. The minimum absolute atomic E-state index is 0.726. The molecule has 9 aromatic carbocycles. The molecule has 0 aliphatic heterocycles. The number of halogens is 3. The molecule has 318 valence electrons. The molecule has 0 aliphatic rings. The molecular weight excluding hydrogens is 843 g/mol. The highest BCUT2D eigenvalue weighted by molar-refractivity contribution is 6.31. The van der Waals surface area contributed by atoms with E-state index in [1.54, 1.807) is 0 Å². The van der Waals surface area contributed by atoms with Crippen LogP contribution in [-0.4, -0.2) is 0 Å². The first-order valence-corrected chi connectivity index (χ1v) is 22.4. The van der Waals surface area contributed by atoms with Gasteiger partial charge in [0.05, 0.1) is 0 Å². The molecule has 0 unspecified atom stereocenters. The lowest BCUT2D eigenvalue weighted by molar-refractivity contribution is 1.27. The van der Waals surface area contributed by atoms with Gasteiger partial charge in [-0.2, -0.15) is 0 Å². The van der Waals surface area contributed by atoms with Crippen LogP contribution in [0.25, 0.3) is 22.3 Å². The zero-order valence-corrected chi connectivity index (χ0v) is 39.1. The molecule has 5 heteroatoms. The Hall–Kier alpha value is -6.55. The van der Waals surface area contributed by atoms with Crippen molar-refractivity contribution in [2.45, 2.75) is 34.6 Å². The molecule has 0 radical (unpaired) electrons. The number of hydrogen-bond acceptors (Lipinski definition) is 2. The number of rotatable bonds is 8. The van der Waals surface area contributed by atoms with Crippen molar-refractivity contribution in [3.63, 3.8) is 0 Å². The first kappa shape index (κ1) is 45.5. The normalized spacial score (nSPS) is 10.5. The van der Waals surface area contributed by atoms with Crippen molar-refractivity contribution in [1.29, 1.82) is 0 Å². The van der Waals surface area contributed by atoms with E-state index in [0.717, 1.165) is 49.2 Å². The highest BCUT2D eigenvalue weighted by atomic mass is 35.5. The van der Waals surface area contributed by atoms with E-state index in [1.165, 1.54) is 50.1 Å². The third-order valence-electron chi connectivity index (χ3n) is 10.7. The summed E-state index contributed by atoms with van der Waals surface area (Å²) < 4.78 is 0. The molecular formula is C59H51Cl3N2. The fourth-order valence-corrected chi connectivity index (χ4v) is 7.82. The first-order valence-electron chi connectivity index (χ1n) is 21.3. The molecule has 0 atom stereocenters. The molecule has 9 aromatic rings. The van der Waals surface area contributed by atoms with Crippen molar-refractivity contribution in [3.8, 4) is 22.3 Å². The van der Waals surface area contributed by atoms with Gasteiger partial charge in [0, 0.05) is 49.2 Å². The van der Waals surface area contributed by atoms with Crippen LogP contribution in [0.2, 0.25) is 15.1 Å². The van der Waals surface area contributed by atoms with Crippen LogP contribution in [0.5, 0.6) is 0 Å². The van der Waals surface area contributed by atoms with E-state index in [4.69, 9.17) is 34.8 Å². The SMILES string of the molecule is Cc1ccc(N(c2ccc(-c3cccc(C)c3)cc2)c2ccc(-c3cccc(C)c3)cc2)cc1.Cc1ccc(N(c2ccc(Cl)cc2)c2ccc(Cl)cc2)cc1.Cc1cccc(Cl)c1. The van der Waals surface area contributed by atoms with Gasteiger partial charge in [-0.1, -0.05) is 166 Å². The molecule has 0 aromatic heterocycles. The van der Waals surface area contributed by atoms with E-state index < -0.39 is 0 Å². The van der Waals surface area contributed by atoms with Crippen LogP contribution in [0.3, 0.4) is 0 Å². The lowest BCUT2D eigenvalue weighted by Gasteiger charge is -2.26. The highest BCUT2D eigenvalue weighted by Crippen LogP contribution is 2.38. The summed E-state index contributed by atoms with van der Waals surface area (Å²) in [6, 6.07) is 75.6. The van der Waals surface area contributed by atoms with Crippen molar-refractivity contribution in [1.82, 2.24) is 0 Å². The molecule has 64 heavy (non-hydrogen) atoms. The topological polar surface area (TPSA) is 6.48 Å². The van der Waals surface area contributed by atoms with Crippen LogP contribution in [0.15, 0.2) is 218 Å². The van der Waals surface area contributed by atoms with Gasteiger partial charge in [0.2, 0.25) is 0 Å². The first-order chi connectivity index (χ1) is 31.0. The predicted molar refractivity (Wildman–Crippen MR) is 278 cm³/mol. The van der Waals surface area contributed by atoms with Gasteiger partial charge in [0.15, 0.2) is 0 Å². The lowest BCUT2D eigenvalue weighted by atomic mass is 10.0. The van der Waals surface area contributed by atoms with Crippen LogP contribution < -0.4 is 9.80 Å². The maximum Gasteiger partial charge on any atom is 0.0462 e. The Morgan fingerprint density at radius 3 is 0.797 bits per heavy atom. The summed E-state index contributed by atoms with van der Waals surface area (Å²) in [5.74, 6) is 0. The monoisotopic (exact) mass is 892 g/mol. The standard InChI is InChI=1S/C33H29N.C19H15Cl2N.C7H7Cl/c1-24-10-16-31(17-11-24)34(32-18-12-27(13-19-32)29-8-4-6-25(2)22-29)33-20-14-28(15-21-33)30-9-5-7-26(3)23-30;1-14-2-8-17(9-3-14)22(18-10-4-15(20)5-11-18)19-12-6-16(21)7-13-19;1-6-3-2-4-7(8)5-6/h4-23H,1-3H3;2-13H,1H3;2-5H,1H3. The Bertz CT molecular complexity index is 2660. The number of anilines is 6. The van der Waals surface area contributed by atoms with Gasteiger partial charge in [-0.3, -0.25) is 0 Å². The largest absolute Gasteiger partial charge is 0.311 e. The van der Waals surface area contributed by atoms with Gasteiger partial charge >= 0.3 is 0 Å². The smallest absolute Gasteiger partial charge is 0.0462 e. The fraction of sp³-hybridized carbons (Fsp3) is 0.0847. The summed E-state index contributed by atoms with van der Waals surface area (Å²) in [7, 11) is 0. The summed E-state index contributed by atoms with van der Waals surface area (Å²) >= 11 is 17.7. The summed E-state index contributed by atoms with van der Waals surface area (Å²) in [6.07, 6.45) is 0. The molecule has 0 N–H and O–H groups in total. The number of hydrogen-bond donors (Lipinski definition) is 0. The molecule has 0 spiro atoms. The Labute approximate surface area is 394 Å². The molecule has 0 saturated carbocycles. The Kier molecular flexibility index (Phi) is 15.4. The van der Waals surface area contributed by atoms with Crippen LogP contribution in [-0.2, 0) is 0 Å². The van der Waals surface area contributed by atoms with E-state index in [0.29, 0.717) is 0 Å². The van der Waals surface area contributed by atoms with Crippen molar-refractivity contribution < 1.29 is 0 Å². The minimum Gasteiger partial charge on any atom is -0.311 e. The molecule has 0 aliphatic carbocycles. The quantitative estimate of drug-likeness (QED) is 0.150. The lowest BCUT2D eigenvalue weighted by Crippen LogP contribution is -2.09. The maximum atomic E-state index is 6.01. The Morgan fingerprint density at radius 2 is 0.516 bits per heavy atom. The van der Waals surface area contributed by atoms with Crippen molar-refractivity contribution in [2.24, 2.45) is 0 Å². The Morgan fingerprint density at radius 1 is 0.234 bits per heavy atom. The van der Waals surface area contributed by atoms with Crippen molar-refractivity contribution >= 4 is 68.9 Å². The molecule has 0 heterocycles. The van der Waals surface area contributed by atoms with E-state index in [1.807, 2.05) is 79.7 Å². The second-order valence-corrected chi connectivity index (χ2v) is 17.2. The molecule has 0 saturated heterocycles. The molecule has 0 fully saturated rings. The summed E-state index contributed by atoms with van der Waals surface area (Å²) in [4.78, 5) is 4.49. The third kappa shape index (κ3) is 12.3. The maximum absolute atomic E-state index is 6.01. The molecule has 0 amide bonds. The van der Waals surface area contributed by atoms with E-state index in [-0.39, 0.29) is 0 Å².